The van der Waals surface area contributed by atoms with Crippen molar-refractivity contribution in [3.05, 3.63) is 23.0 Å². The molecule has 0 saturated carbocycles. The minimum absolute atomic E-state index is 0.0456. The van der Waals surface area contributed by atoms with Crippen molar-refractivity contribution in [3.63, 3.8) is 0 Å². The van der Waals surface area contributed by atoms with E-state index in [-0.39, 0.29) is 11.8 Å². The molecule has 0 fully saturated rings. The zero-order chi connectivity index (χ0) is 16.3. The van der Waals surface area contributed by atoms with E-state index in [0.29, 0.717) is 17.0 Å². The number of aryl methyl sites for hydroxylation is 1. The highest BCUT2D eigenvalue weighted by Gasteiger charge is 2.23. The molecule has 1 amide bonds. The van der Waals surface area contributed by atoms with Gasteiger partial charge >= 0.3 is 0 Å². The SMILES string of the molecule is CCCN(CCC)C(=O)c1cc(C(C)C)nc2onc(C)c12. The molecule has 2 heterocycles. The third-order valence-corrected chi connectivity index (χ3v) is 3.73. The molecule has 22 heavy (non-hydrogen) atoms. The number of pyridine rings is 1. The van der Waals surface area contributed by atoms with Gasteiger partial charge in [-0.15, -0.1) is 0 Å². The fourth-order valence-electron chi connectivity index (χ4n) is 2.60. The monoisotopic (exact) mass is 303 g/mol. The van der Waals surface area contributed by atoms with E-state index in [9.17, 15) is 4.79 Å². The molecule has 5 heteroatoms. The van der Waals surface area contributed by atoms with Gasteiger partial charge in [-0.3, -0.25) is 4.79 Å². The van der Waals surface area contributed by atoms with Gasteiger partial charge in [0.2, 0.25) is 0 Å². The molecule has 5 nitrogen and oxygen atoms in total. The highest BCUT2D eigenvalue weighted by Crippen LogP contribution is 2.26. The van der Waals surface area contributed by atoms with Crippen molar-refractivity contribution in [2.45, 2.75) is 53.4 Å². The van der Waals surface area contributed by atoms with Crippen LogP contribution in [0.1, 0.15) is 68.2 Å². The van der Waals surface area contributed by atoms with Gasteiger partial charge in [0.1, 0.15) is 0 Å². The molecule has 0 spiro atoms. The van der Waals surface area contributed by atoms with Crippen LogP contribution in [-0.2, 0) is 0 Å². The Kier molecular flexibility index (Phi) is 5.16. The standard InChI is InChI=1S/C17H25N3O2/c1-6-8-20(9-7-2)17(21)13-10-14(11(3)4)18-16-15(13)12(5)19-22-16/h10-11H,6-9H2,1-5H3. The lowest BCUT2D eigenvalue weighted by Crippen LogP contribution is -2.32. The van der Waals surface area contributed by atoms with Gasteiger partial charge in [0.15, 0.2) is 0 Å². The summed E-state index contributed by atoms with van der Waals surface area (Å²) in [5.74, 6) is 0.274. The van der Waals surface area contributed by atoms with Crippen LogP contribution in [0.25, 0.3) is 11.1 Å². The zero-order valence-corrected chi connectivity index (χ0v) is 14.1. The molecule has 0 aliphatic rings. The first-order valence-corrected chi connectivity index (χ1v) is 8.05. The summed E-state index contributed by atoms with van der Waals surface area (Å²) >= 11 is 0. The second-order valence-corrected chi connectivity index (χ2v) is 5.99. The molecule has 0 radical (unpaired) electrons. The van der Waals surface area contributed by atoms with Crippen LogP contribution in [0.2, 0.25) is 0 Å². The third kappa shape index (κ3) is 3.13. The van der Waals surface area contributed by atoms with Gasteiger partial charge in [-0.05, 0) is 31.7 Å². The summed E-state index contributed by atoms with van der Waals surface area (Å²) in [5, 5.41) is 4.72. The molecule has 2 rings (SSSR count). The van der Waals surface area contributed by atoms with Gasteiger partial charge in [0, 0.05) is 18.8 Å². The molecule has 120 valence electrons. The Morgan fingerprint density at radius 1 is 1.27 bits per heavy atom. The lowest BCUT2D eigenvalue weighted by Gasteiger charge is -2.22. The normalized spacial score (nSPS) is 11.4. The lowest BCUT2D eigenvalue weighted by atomic mass is 10.0. The van der Waals surface area contributed by atoms with Crippen LogP contribution in [-0.4, -0.2) is 34.0 Å². The lowest BCUT2D eigenvalue weighted by molar-refractivity contribution is 0.0757. The van der Waals surface area contributed by atoms with Gasteiger partial charge in [-0.2, -0.15) is 0 Å². The van der Waals surface area contributed by atoms with E-state index in [4.69, 9.17) is 4.52 Å². The summed E-state index contributed by atoms with van der Waals surface area (Å²) in [6.07, 6.45) is 1.89. The molecular formula is C17H25N3O2. The second kappa shape index (κ2) is 6.90. The Hall–Kier alpha value is -1.91. The Balaban J connectivity index is 2.56. The first-order chi connectivity index (χ1) is 10.5. The molecule has 0 aliphatic heterocycles. The molecule has 0 bridgehead atoms. The van der Waals surface area contributed by atoms with E-state index in [0.717, 1.165) is 37.0 Å². The third-order valence-electron chi connectivity index (χ3n) is 3.73. The number of hydrogen-bond acceptors (Lipinski definition) is 4. The average molecular weight is 303 g/mol. The maximum Gasteiger partial charge on any atom is 0.259 e. The number of hydrogen-bond donors (Lipinski definition) is 0. The van der Waals surface area contributed by atoms with E-state index >= 15 is 0 Å². The van der Waals surface area contributed by atoms with E-state index in [1.165, 1.54) is 0 Å². The first kappa shape index (κ1) is 16.5. The van der Waals surface area contributed by atoms with Crippen LogP contribution in [0.4, 0.5) is 0 Å². The molecular weight excluding hydrogens is 278 g/mol. The van der Waals surface area contributed by atoms with Gasteiger partial charge in [0.25, 0.3) is 11.6 Å². The van der Waals surface area contributed by atoms with Gasteiger partial charge in [0.05, 0.1) is 16.6 Å². The Morgan fingerprint density at radius 3 is 2.45 bits per heavy atom. The number of fused-ring (bicyclic) bond motifs is 1. The Labute approximate surface area is 131 Å². The number of rotatable bonds is 6. The zero-order valence-electron chi connectivity index (χ0n) is 14.1. The largest absolute Gasteiger partial charge is 0.339 e. The molecule has 0 aromatic carbocycles. The van der Waals surface area contributed by atoms with Crippen LogP contribution < -0.4 is 0 Å². The van der Waals surface area contributed by atoms with Crippen LogP contribution in [0.5, 0.6) is 0 Å². The summed E-state index contributed by atoms with van der Waals surface area (Å²) < 4.78 is 5.30. The first-order valence-electron chi connectivity index (χ1n) is 8.05. The van der Waals surface area contributed by atoms with Crippen molar-refractivity contribution >= 4 is 17.0 Å². The maximum atomic E-state index is 13.0. The van der Waals surface area contributed by atoms with Crippen LogP contribution in [0.3, 0.4) is 0 Å². The van der Waals surface area contributed by atoms with Crippen LogP contribution in [0.15, 0.2) is 10.6 Å². The van der Waals surface area contributed by atoms with Crippen LogP contribution in [0, 0.1) is 6.92 Å². The summed E-state index contributed by atoms with van der Waals surface area (Å²) in [5.41, 5.74) is 2.70. The smallest absolute Gasteiger partial charge is 0.259 e. The summed E-state index contributed by atoms with van der Waals surface area (Å²) in [6, 6.07) is 1.90. The molecule has 0 unspecified atom stereocenters. The number of aromatic nitrogens is 2. The fraction of sp³-hybridized carbons (Fsp3) is 0.588. The summed E-state index contributed by atoms with van der Waals surface area (Å²) in [4.78, 5) is 19.4. The predicted molar refractivity (Wildman–Crippen MR) is 87.1 cm³/mol. The van der Waals surface area contributed by atoms with E-state index < -0.39 is 0 Å². The highest BCUT2D eigenvalue weighted by atomic mass is 16.5. The summed E-state index contributed by atoms with van der Waals surface area (Å²) in [6.45, 7) is 11.7. The average Bonchev–Trinajstić information content (AvgIpc) is 2.87. The number of amides is 1. The number of carbonyl (C=O) groups excluding carboxylic acids is 1. The van der Waals surface area contributed by atoms with Gasteiger partial charge < -0.3 is 9.42 Å². The molecule has 0 aliphatic carbocycles. The van der Waals surface area contributed by atoms with Crippen molar-refractivity contribution < 1.29 is 9.32 Å². The van der Waals surface area contributed by atoms with Crippen molar-refractivity contribution in [1.29, 1.82) is 0 Å². The minimum atomic E-state index is 0.0456. The van der Waals surface area contributed by atoms with Crippen LogP contribution >= 0.6 is 0 Å². The maximum absolute atomic E-state index is 13.0. The molecule has 0 atom stereocenters. The summed E-state index contributed by atoms with van der Waals surface area (Å²) in [7, 11) is 0. The van der Waals surface area contributed by atoms with Gasteiger partial charge in [-0.1, -0.05) is 32.9 Å². The minimum Gasteiger partial charge on any atom is -0.339 e. The fourth-order valence-corrected chi connectivity index (χ4v) is 2.60. The van der Waals surface area contributed by atoms with E-state index in [2.05, 4.69) is 37.8 Å². The van der Waals surface area contributed by atoms with E-state index in [1.54, 1.807) is 0 Å². The van der Waals surface area contributed by atoms with Crippen molar-refractivity contribution in [2.75, 3.05) is 13.1 Å². The topological polar surface area (TPSA) is 59.2 Å². The molecule has 2 aromatic rings. The predicted octanol–water partition coefficient (Wildman–Crippen LogP) is 3.92. The Morgan fingerprint density at radius 2 is 1.91 bits per heavy atom. The number of nitrogens with zero attached hydrogens (tertiary/aromatic N) is 3. The molecule has 0 N–H and O–H groups in total. The Bertz CT molecular complexity index is 655. The second-order valence-electron chi connectivity index (χ2n) is 5.99. The number of carbonyl (C=O) groups is 1. The van der Waals surface area contributed by atoms with Crippen molar-refractivity contribution in [1.82, 2.24) is 15.0 Å². The quantitative estimate of drug-likeness (QED) is 0.811. The van der Waals surface area contributed by atoms with Crippen molar-refractivity contribution in [2.24, 2.45) is 0 Å². The van der Waals surface area contributed by atoms with E-state index in [1.807, 2.05) is 17.9 Å². The molecule has 0 saturated heterocycles. The molecule has 2 aromatic heterocycles. The van der Waals surface area contributed by atoms with Crippen molar-refractivity contribution in [3.8, 4) is 0 Å². The van der Waals surface area contributed by atoms with Gasteiger partial charge in [-0.25, -0.2) is 4.98 Å². The highest BCUT2D eigenvalue weighted by molar-refractivity contribution is 6.06.